The predicted octanol–water partition coefficient (Wildman–Crippen LogP) is 2.44. The van der Waals surface area contributed by atoms with Crippen LogP contribution in [-0.2, 0) is 25.5 Å². The van der Waals surface area contributed by atoms with Gasteiger partial charge < -0.3 is 9.53 Å². The van der Waals surface area contributed by atoms with Crippen LogP contribution in [0.3, 0.4) is 0 Å². The van der Waals surface area contributed by atoms with E-state index in [4.69, 9.17) is 0 Å². The molecule has 1 aromatic rings. The quantitative estimate of drug-likeness (QED) is 0.596. The lowest BCUT2D eigenvalue weighted by Gasteiger charge is -2.22. The number of ether oxygens (including phenoxy) is 1. The summed E-state index contributed by atoms with van der Waals surface area (Å²) in [5.41, 5.74) is 2.36. The van der Waals surface area contributed by atoms with Crippen molar-refractivity contribution < 1.29 is 19.1 Å². The Kier molecular flexibility index (Phi) is 4.89. The monoisotopic (exact) mass is 288 g/mol. The number of Topliss-reactive ketones (excluding diaryl/α,β-unsaturated/α-hetero) is 2. The zero-order chi connectivity index (χ0) is 15.4. The minimum atomic E-state index is -0.812. The first kappa shape index (κ1) is 15.4. The zero-order valence-corrected chi connectivity index (χ0v) is 12.4. The molecule has 0 amide bonds. The standard InChI is InChI=1S/C17H20O4/c1-11(18)7-9-15(16(19)17(20)21-2)14-10-8-12-5-3-4-6-13(12)14/h3-6,14-15H,7-10H2,1-2H3. The third kappa shape index (κ3) is 3.38. The first-order valence-corrected chi connectivity index (χ1v) is 7.24. The summed E-state index contributed by atoms with van der Waals surface area (Å²) < 4.78 is 4.57. The second-order valence-corrected chi connectivity index (χ2v) is 5.55. The maximum Gasteiger partial charge on any atom is 0.374 e. The van der Waals surface area contributed by atoms with Crippen LogP contribution in [0.2, 0.25) is 0 Å². The highest BCUT2D eigenvalue weighted by molar-refractivity contribution is 6.34. The Labute approximate surface area is 124 Å². The van der Waals surface area contributed by atoms with Crippen LogP contribution in [0, 0.1) is 5.92 Å². The highest BCUT2D eigenvalue weighted by Crippen LogP contribution is 2.40. The number of benzene rings is 1. The number of ketones is 2. The summed E-state index contributed by atoms with van der Waals surface area (Å²) in [7, 11) is 1.21. The number of fused-ring (bicyclic) bond motifs is 1. The molecular formula is C17H20O4. The minimum absolute atomic E-state index is 0.00662. The Bertz CT molecular complexity index is 562. The number of carbonyl (C=O) groups is 3. The van der Waals surface area contributed by atoms with E-state index < -0.39 is 17.7 Å². The summed E-state index contributed by atoms with van der Waals surface area (Å²) in [6, 6.07) is 7.99. The van der Waals surface area contributed by atoms with Crippen molar-refractivity contribution in [1.82, 2.24) is 0 Å². The van der Waals surface area contributed by atoms with Gasteiger partial charge in [-0.1, -0.05) is 24.3 Å². The largest absolute Gasteiger partial charge is 0.463 e. The van der Waals surface area contributed by atoms with E-state index in [1.54, 1.807) is 0 Å². The lowest BCUT2D eigenvalue weighted by molar-refractivity contribution is -0.154. The molecule has 0 heterocycles. The van der Waals surface area contributed by atoms with Gasteiger partial charge in [-0.2, -0.15) is 0 Å². The molecule has 0 aliphatic heterocycles. The summed E-state index contributed by atoms with van der Waals surface area (Å²) in [5, 5.41) is 0. The third-order valence-electron chi connectivity index (χ3n) is 4.20. The minimum Gasteiger partial charge on any atom is -0.463 e. The lowest BCUT2D eigenvalue weighted by Crippen LogP contribution is -2.29. The fraction of sp³-hybridized carbons (Fsp3) is 0.471. The van der Waals surface area contributed by atoms with Crippen molar-refractivity contribution in [3.05, 3.63) is 35.4 Å². The summed E-state index contributed by atoms with van der Waals surface area (Å²) in [6.07, 6.45) is 2.46. The Hall–Kier alpha value is -1.97. The zero-order valence-electron chi connectivity index (χ0n) is 12.4. The fourth-order valence-corrected chi connectivity index (χ4v) is 3.13. The first-order chi connectivity index (χ1) is 10.0. The SMILES string of the molecule is COC(=O)C(=O)C(CCC(C)=O)C1CCc2ccccc21. The van der Waals surface area contributed by atoms with Crippen LogP contribution in [-0.4, -0.2) is 24.6 Å². The number of hydrogen-bond acceptors (Lipinski definition) is 4. The first-order valence-electron chi connectivity index (χ1n) is 7.24. The molecule has 1 aromatic carbocycles. The van der Waals surface area contributed by atoms with E-state index in [2.05, 4.69) is 10.8 Å². The molecular weight excluding hydrogens is 268 g/mol. The van der Waals surface area contributed by atoms with Crippen molar-refractivity contribution in [1.29, 1.82) is 0 Å². The van der Waals surface area contributed by atoms with E-state index in [1.165, 1.54) is 19.6 Å². The van der Waals surface area contributed by atoms with Gasteiger partial charge in [0.05, 0.1) is 7.11 Å². The molecule has 2 atom stereocenters. The fourth-order valence-electron chi connectivity index (χ4n) is 3.13. The number of methoxy groups -OCH3 is 1. The maximum absolute atomic E-state index is 12.3. The van der Waals surface area contributed by atoms with Gasteiger partial charge in [-0.25, -0.2) is 4.79 Å². The van der Waals surface area contributed by atoms with Crippen molar-refractivity contribution in [2.75, 3.05) is 7.11 Å². The lowest BCUT2D eigenvalue weighted by atomic mass is 9.81. The second kappa shape index (κ2) is 6.66. The van der Waals surface area contributed by atoms with Gasteiger partial charge in [-0.3, -0.25) is 4.79 Å². The molecule has 0 bridgehead atoms. The van der Waals surface area contributed by atoms with E-state index >= 15 is 0 Å². The molecule has 0 radical (unpaired) electrons. The molecule has 0 aromatic heterocycles. The van der Waals surface area contributed by atoms with Gasteiger partial charge >= 0.3 is 5.97 Å². The average molecular weight is 288 g/mol. The number of aryl methyl sites for hydroxylation is 1. The van der Waals surface area contributed by atoms with E-state index in [1.807, 2.05) is 18.2 Å². The predicted molar refractivity (Wildman–Crippen MR) is 77.9 cm³/mol. The highest BCUT2D eigenvalue weighted by Gasteiger charge is 2.37. The van der Waals surface area contributed by atoms with Crippen LogP contribution in [0.15, 0.2) is 24.3 Å². The van der Waals surface area contributed by atoms with Gasteiger partial charge in [0.1, 0.15) is 5.78 Å². The smallest absolute Gasteiger partial charge is 0.374 e. The van der Waals surface area contributed by atoms with Gasteiger partial charge in [0.2, 0.25) is 5.78 Å². The Morgan fingerprint density at radius 3 is 2.67 bits per heavy atom. The second-order valence-electron chi connectivity index (χ2n) is 5.55. The number of carbonyl (C=O) groups excluding carboxylic acids is 3. The van der Waals surface area contributed by atoms with Crippen molar-refractivity contribution in [3.8, 4) is 0 Å². The molecule has 0 N–H and O–H groups in total. The van der Waals surface area contributed by atoms with Crippen molar-refractivity contribution in [3.63, 3.8) is 0 Å². The molecule has 4 nitrogen and oxygen atoms in total. The molecule has 0 saturated carbocycles. The topological polar surface area (TPSA) is 60.4 Å². The van der Waals surface area contributed by atoms with E-state index in [-0.39, 0.29) is 11.7 Å². The third-order valence-corrected chi connectivity index (χ3v) is 4.20. The van der Waals surface area contributed by atoms with E-state index in [0.29, 0.717) is 12.8 Å². The molecule has 0 spiro atoms. The number of esters is 1. The van der Waals surface area contributed by atoms with Gasteiger partial charge in [-0.15, -0.1) is 0 Å². The highest BCUT2D eigenvalue weighted by atomic mass is 16.5. The molecule has 112 valence electrons. The number of hydrogen-bond donors (Lipinski definition) is 0. The molecule has 21 heavy (non-hydrogen) atoms. The molecule has 1 aliphatic carbocycles. The molecule has 0 saturated heterocycles. The van der Waals surface area contributed by atoms with Crippen molar-refractivity contribution in [2.24, 2.45) is 5.92 Å². The van der Waals surface area contributed by atoms with Gasteiger partial charge in [-0.05, 0) is 43.2 Å². The molecule has 0 fully saturated rings. The van der Waals surface area contributed by atoms with E-state index in [9.17, 15) is 14.4 Å². The summed E-state index contributed by atoms with van der Waals surface area (Å²) in [4.78, 5) is 35.2. The molecule has 2 rings (SSSR count). The summed E-state index contributed by atoms with van der Waals surface area (Å²) >= 11 is 0. The van der Waals surface area contributed by atoms with Crippen LogP contribution in [0.25, 0.3) is 0 Å². The van der Waals surface area contributed by atoms with Gasteiger partial charge in [0, 0.05) is 12.3 Å². The van der Waals surface area contributed by atoms with Crippen molar-refractivity contribution >= 4 is 17.5 Å². The van der Waals surface area contributed by atoms with Crippen molar-refractivity contribution in [2.45, 2.75) is 38.5 Å². The van der Waals surface area contributed by atoms with Crippen LogP contribution in [0.4, 0.5) is 0 Å². The maximum atomic E-state index is 12.3. The molecule has 4 heteroatoms. The summed E-state index contributed by atoms with van der Waals surface area (Å²) in [5.74, 6) is -1.76. The van der Waals surface area contributed by atoms with Gasteiger partial charge in [0.25, 0.3) is 0 Å². The Balaban J connectivity index is 2.25. The summed E-state index contributed by atoms with van der Waals surface area (Å²) in [6.45, 7) is 1.50. The van der Waals surface area contributed by atoms with Gasteiger partial charge in [0.15, 0.2) is 0 Å². The molecule has 1 aliphatic rings. The normalized spacial score (nSPS) is 17.9. The molecule has 2 unspecified atom stereocenters. The average Bonchev–Trinajstić information content (AvgIpc) is 2.90. The Morgan fingerprint density at radius 1 is 1.29 bits per heavy atom. The van der Waals surface area contributed by atoms with E-state index in [0.717, 1.165) is 18.4 Å². The van der Waals surface area contributed by atoms with Crippen LogP contribution >= 0.6 is 0 Å². The Morgan fingerprint density at radius 2 is 2.00 bits per heavy atom. The van der Waals surface area contributed by atoms with Crippen LogP contribution in [0.1, 0.15) is 43.2 Å². The number of rotatable bonds is 6. The van der Waals surface area contributed by atoms with Crippen LogP contribution < -0.4 is 0 Å². The van der Waals surface area contributed by atoms with Crippen LogP contribution in [0.5, 0.6) is 0 Å².